The number of nitrogens with one attached hydrogen (secondary N) is 2. The van der Waals surface area contributed by atoms with E-state index in [1.807, 2.05) is 12.4 Å². The van der Waals surface area contributed by atoms with Crippen LogP contribution in [0.1, 0.15) is 56.6 Å². The van der Waals surface area contributed by atoms with Gasteiger partial charge < -0.3 is 10.6 Å². The zero-order chi connectivity index (χ0) is 12.9. The lowest BCUT2D eigenvalue weighted by molar-refractivity contribution is 0.450. The van der Waals surface area contributed by atoms with Crippen LogP contribution in [0.15, 0.2) is 12.4 Å². The first-order chi connectivity index (χ1) is 9.42. The monoisotopic (exact) mass is 260 g/mol. The molecule has 2 aliphatic rings. The summed E-state index contributed by atoms with van der Waals surface area (Å²) in [6, 6.07) is 0.603. The van der Waals surface area contributed by atoms with Crippen molar-refractivity contribution in [3.05, 3.63) is 18.1 Å². The molecule has 4 nitrogen and oxygen atoms in total. The molecule has 19 heavy (non-hydrogen) atoms. The fraction of sp³-hybridized carbons (Fsp3) is 0.733. The van der Waals surface area contributed by atoms with Gasteiger partial charge in [-0.1, -0.05) is 19.3 Å². The maximum absolute atomic E-state index is 4.79. The van der Waals surface area contributed by atoms with Gasteiger partial charge in [0.1, 0.15) is 5.82 Å². The Labute approximate surface area is 115 Å². The van der Waals surface area contributed by atoms with E-state index in [4.69, 9.17) is 4.98 Å². The van der Waals surface area contributed by atoms with Gasteiger partial charge in [0.25, 0.3) is 0 Å². The average molecular weight is 260 g/mol. The minimum absolute atomic E-state index is 0.585. The molecule has 2 fully saturated rings. The molecule has 4 heteroatoms. The van der Waals surface area contributed by atoms with Crippen LogP contribution in [-0.2, 0) is 0 Å². The summed E-state index contributed by atoms with van der Waals surface area (Å²) in [6.07, 6.45) is 12.8. The zero-order valence-corrected chi connectivity index (χ0v) is 11.6. The topological polar surface area (TPSA) is 49.8 Å². The SMILES string of the molecule is c1ncc(C2CCNCC2)nc1NC1CCCCC1. The summed E-state index contributed by atoms with van der Waals surface area (Å²) in [7, 11) is 0. The number of nitrogens with zero attached hydrogens (tertiary/aromatic N) is 2. The fourth-order valence-electron chi connectivity index (χ4n) is 3.22. The molecule has 1 aliphatic carbocycles. The minimum atomic E-state index is 0.585. The molecule has 0 atom stereocenters. The zero-order valence-electron chi connectivity index (χ0n) is 11.6. The molecule has 0 amide bonds. The highest BCUT2D eigenvalue weighted by Crippen LogP contribution is 2.25. The normalized spacial score (nSPS) is 22.3. The average Bonchev–Trinajstić information content (AvgIpc) is 2.49. The maximum atomic E-state index is 4.79. The van der Waals surface area contributed by atoms with E-state index in [0.717, 1.165) is 18.9 Å². The standard InChI is InChI=1S/C15H24N4/c1-2-4-13(5-3-1)18-15-11-17-10-14(19-15)12-6-8-16-9-7-12/h10-13,16H,1-9H2,(H,18,19). The molecule has 1 aliphatic heterocycles. The Bertz CT molecular complexity index is 395. The molecular formula is C15H24N4. The maximum Gasteiger partial charge on any atom is 0.145 e. The Morgan fingerprint density at radius 3 is 2.58 bits per heavy atom. The van der Waals surface area contributed by atoms with Crippen molar-refractivity contribution in [3.63, 3.8) is 0 Å². The number of hydrogen-bond acceptors (Lipinski definition) is 4. The van der Waals surface area contributed by atoms with Gasteiger partial charge in [0.15, 0.2) is 0 Å². The molecule has 0 radical (unpaired) electrons. The summed E-state index contributed by atoms with van der Waals surface area (Å²) in [5.74, 6) is 1.56. The molecule has 0 bridgehead atoms. The smallest absolute Gasteiger partial charge is 0.145 e. The quantitative estimate of drug-likeness (QED) is 0.877. The third kappa shape index (κ3) is 3.44. The molecular weight excluding hydrogens is 236 g/mol. The first-order valence-corrected chi connectivity index (χ1v) is 7.71. The van der Waals surface area contributed by atoms with Gasteiger partial charge in [0.05, 0.1) is 11.9 Å². The highest BCUT2D eigenvalue weighted by atomic mass is 15.0. The number of hydrogen-bond donors (Lipinski definition) is 2. The van der Waals surface area contributed by atoms with E-state index in [-0.39, 0.29) is 0 Å². The second-order valence-corrected chi connectivity index (χ2v) is 5.83. The lowest BCUT2D eigenvalue weighted by atomic mass is 9.95. The minimum Gasteiger partial charge on any atom is -0.366 e. The van der Waals surface area contributed by atoms with Crippen LogP contribution in [0, 0.1) is 0 Å². The first-order valence-electron chi connectivity index (χ1n) is 7.71. The molecule has 104 valence electrons. The Balaban J connectivity index is 1.64. The predicted molar refractivity (Wildman–Crippen MR) is 77.4 cm³/mol. The molecule has 0 unspecified atom stereocenters. The van der Waals surface area contributed by atoms with E-state index in [1.54, 1.807) is 0 Å². The number of rotatable bonds is 3. The van der Waals surface area contributed by atoms with Crippen molar-refractivity contribution in [2.75, 3.05) is 18.4 Å². The van der Waals surface area contributed by atoms with Crippen LogP contribution in [0.25, 0.3) is 0 Å². The van der Waals surface area contributed by atoms with Crippen molar-refractivity contribution in [1.82, 2.24) is 15.3 Å². The van der Waals surface area contributed by atoms with E-state index in [1.165, 1.54) is 50.6 Å². The van der Waals surface area contributed by atoms with Crippen LogP contribution < -0.4 is 10.6 Å². The Kier molecular flexibility index (Phi) is 4.28. The van der Waals surface area contributed by atoms with E-state index in [2.05, 4.69) is 15.6 Å². The second kappa shape index (κ2) is 6.33. The second-order valence-electron chi connectivity index (χ2n) is 5.83. The summed E-state index contributed by atoms with van der Waals surface area (Å²) in [4.78, 5) is 9.17. The summed E-state index contributed by atoms with van der Waals surface area (Å²) < 4.78 is 0. The summed E-state index contributed by atoms with van der Waals surface area (Å²) in [5.41, 5.74) is 1.17. The Morgan fingerprint density at radius 2 is 1.79 bits per heavy atom. The largest absolute Gasteiger partial charge is 0.366 e. The molecule has 2 heterocycles. The fourth-order valence-corrected chi connectivity index (χ4v) is 3.22. The summed E-state index contributed by atoms with van der Waals surface area (Å²) >= 11 is 0. The van der Waals surface area contributed by atoms with Crippen LogP contribution in [0.4, 0.5) is 5.82 Å². The predicted octanol–water partition coefficient (Wildman–Crippen LogP) is 2.69. The van der Waals surface area contributed by atoms with Crippen LogP contribution in [-0.4, -0.2) is 29.1 Å². The van der Waals surface area contributed by atoms with E-state index in [0.29, 0.717) is 12.0 Å². The number of piperidine rings is 1. The molecule has 1 aromatic rings. The first kappa shape index (κ1) is 12.9. The van der Waals surface area contributed by atoms with Gasteiger partial charge in [0, 0.05) is 18.2 Å². The Morgan fingerprint density at radius 1 is 1.00 bits per heavy atom. The highest BCUT2D eigenvalue weighted by Gasteiger charge is 2.18. The third-order valence-corrected chi connectivity index (χ3v) is 4.37. The van der Waals surface area contributed by atoms with Gasteiger partial charge in [-0.15, -0.1) is 0 Å². The van der Waals surface area contributed by atoms with Crippen LogP contribution in [0.2, 0.25) is 0 Å². The van der Waals surface area contributed by atoms with Crippen molar-refractivity contribution < 1.29 is 0 Å². The highest BCUT2D eigenvalue weighted by molar-refractivity contribution is 5.34. The molecule has 3 rings (SSSR count). The van der Waals surface area contributed by atoms with Gasteiger partial charge in [0.2, 0.25) is 0 Å². The lowest BCUT2D eigenvalue weighted by Crippen LogP contribution is -2.27. The van der Waals surface area contributed by atoms with Gasteiger partial charge in [-0.25, -0.2) is 4.98 Å². The van der Waals surface area contributed by atoms with Crippen LogP contribution >= 0.6 is 0 Å². The van der Waals surface area contributed by atoms with E-state index in [9.17, 15) is 0 Å². The van der Waals surface area contributed by atoms with Gasteiger partial charge in [-0.3, -0.25) is 4.98 Å². The number of aromatic nitrogens is 2. The Hall–Kier alpha value is -1.16. The van der Waals surface area contributed by atoms with Gasteiger partial charge >= 0.3 is 0 Å². The third-order valence-electron chi connectivity index (χ3n) is 4.37. The summed E-state index contributed by atoms with van der Waals surface area (Å²) in [6.45, 7) is 2.21. The van der Waals surface area contributed by atoms with Crippen LogP contribution in [0.3, 0.4) is 0 Å². The lowest BCUT2D eigenvalue weighted by Gasteiger charge is -2.25. The molecule has 2 N–H and O–H groups in total. The van der Waals surface area contributed by atoms with Crippen molar-refractivity contribution in [1.29, 1.82) is 0 Å². The molecule has 1 aromatic heterocycles. The van der Waals surface area contributed by atoms with Gasteiger partial charge in [-0.2, -0.15) is 0 Å². The van der Waals surface area contributed by atoms with Crippen molar-refractivity contribution in [2.45, 2.75) is 56.9 Å². The van der Waals surface area contributed by atoms with Crippen molar-refractivity contribution in [2.24, 2.45) is 0 Å². The number of anilines is 1. The van der Waals surface area contributed by atoms with E-state index < -0.39 is 0 Å². The van der Waals surface area contributed by atoms with E-state index >= 15 is 0 Å². The van der Waals surface area contributed by atoms with Crippen molar-refractivity contribution >= 4 is 5.82 Å². The molecule has 1 saturated heterocycles. The summed E-state index contributed by atoms with van der Waals surface area (Å²) in [5, 5.41) is 6.97. The molecule has 0 aromatic carbocycles. The molecule has 0 spiro atoms. The van der Waals surface area contributed by atoms with Gasteiger partial charge in [-0.05, 0) is 38.8 Å². The molecule has 1 saturated carbocycles. The van der Waals surface area contributed by atoms with Crippen molar-refractivity contribution in [3.8, 4) is 0 Å². The van der Waals surface area contributed by atoms with Crippen LogP contribution in [0.5, 0.6) is 0 Å².